The lowest BCUT2D eigenvalue weighted by Gasteiger charge is -2.12. The van der Waals surface area contributed by atoms with Crippen molar-refractivity contribution in [2.45, 2.75) is 24.7 Å². The second kappa shape index (κ2) is 7.16. The van der Waals surface area contributed by atoms with Crippen LogP contribution in [0.2, 0.25) is 0 Å². The molecule has 4 aromatic rings. The van der Waals surface area contributed by atoms with Crippen molar-refractivity contribution in [1.82, 2.24) is 24.5 Å². The third-order valence-electron chi connectivity index (χ3n) is 4.87. The summed E-state index contributed by atoms with van der Waals surface area (Å²) in [4.78, 5) is 0. The van der Waals surface area contributed by atoms with E-state index in [1.54, 1.807) is 11.8 Å². The van der Waals surface area contributed by atoms with Gasteiger partial charge in [-0.25, -0.2) is 4.68 Å². The van der Waals surface area contributed by atoms with Gasteiger partial charge in [-0.15, -0.1) is 10.2 Å². The van der Waals surface area contributed by atoms with Crippen LogP contribution in [0.15, 0.2) is 72.0 Å². The van der Waals surface area contributed by atoms with Gasteiger partial charge in [0.25, 0.3) is 0 Å². The molecule has 0 fully saturated rings. The number of anilines is 1. The molecular weight excluding hydrogens is 368 g/mol. The smallest absolute Gasteiger partial charge is 0.196 e. The predicted octanol–water partition coefficient (Wildman–Crippen LogP) is 4.41. The monoisotopic (exact) mass is 388 g/mol. The number of hydrogen-bond acceptors (Lipinski definition) is 5. The summed E-state index contributed by atoms with van der Waals surface area (Å²) in [7, 11) is 0. The van der Waals surface area contributed by atoms with Gasteiger partial charge in [-0.05, 0) is 23.4 Å². The molecule has 28 heavy (non-hydrogen) atoms. The van der Waals surface area contributed by atoms with Gasteiger partial charge in [0.15, 0.2) is 11.0 Å². The molecular formula is C21H20N6S. The van der Waals surface area contributed by atoms with Gasteiger partial charge in [0.05, 0.1) is 24.3 Å². The fourth-order valence-electron chi connectivity index (χ4n) is 3.57. The fraction of sp³-hybridized carbons (Fsp3) is 0.190. The SMILES string of the molecule is CCSc1nnc(-c2cnn3c2NC(c2ccccc2)C3)n1-c1ccccc1. The first kappa shape index (κ1) is 17.1. The number of aromatic nitrogens is 5. The van der Waals surface area contributed by atoms with Gasteiger partial charge in [-0.1, -0.05) is 67.2 Å². The van der Waals surface area contributed by atoms with E-state index in [0.717, 1.165) is 40.3 Å². The lowest BCUT2D eigenvalue weighted by Crippen LogP contribution is -2.07. The molecule has 0 aliphatic carbocycles. The average molecular weight is 389 g/mol. The normalized spacial score (nSPS) is 15.4. The van der Waals surface area contributed by atoms with Gasteiger partial charge in [0, 0.05) is 5.69 Å². The van der Waals surface area contributed by atoms with E-state index in [1.165, 1.54) is 5.56 Å². The number of para-hydroxylation sites is 1. The highest BCUT2D eigenvalue weighted by atomic mass is 32.2. The zero-order valence-corrected chi connectivity index (χ0v) is 16.3. The highest BCUT2D eigenvalue weighted by Gasteiger charge is 2.29. The van der Waals surface area contributed by atoms with Crippen LogP contribution in [0.4, 0.5) is 5.82 Å². The average Bonchev–Trinajstić information content (AvgIpc) is 3.44. The lowest BCUT2D eigenvalue weighted by molar-refractivity contribution is 0.617. The minimum atomic E-state index is 0.209. The molecule has 1 atom stereocenters. The van der Waals surface area contributed by atoms with E-state index >= 15 is 0 Å². The fourth-order valence-corrected chi connectivity index (χ4v) is 4.25. The van der Waals surface area contributed by atoms with E-state index in [0.29, 0.717) is 0 Å². The Morgan fingerprint density at radius 1 is 1.04 bits per heavy atom. The molecule has 0 bridgehead atoms. The van der Waals surface area contributed by atoms with E-state index in [9.17, 15) is 0 Å². The van der Waals surface area contributed by atoms with E-state index in [4.69, 9.17) is 0 Å². The summed E-state index contributed by atoms with van der Waals surface area (Å²) in [5.74, 6) is 2.74. The van der Waals surface area contributed by atoms with E-state index in [-0.39, 0.29) is 6.04 Å². The van der Waals surface area contributed by atoms with Gasteiger partial charge < -0.3 is 5.32 Å². The maximum Gasteiger partial charge on any atom is 0.196 e. The summed E-state index contributed by atoms with van der Waals surface area (Å²) >= 11 is 1.69. The summed E-state index contributed by atoms with van der Waals surface area (Å²) in [6, 6.07) is 20.9. The minimum Gasteiger partial charge on any atom is -0.361 e. The number of fused-ring (bicyclic) bond motifs is 1. The third kappa shape index (κ3) is 2.88. The Kier molecular flexibility index (Phi) is 4.37. The summed E-state index contributed by atoms with van der Waals surface area (Å²) in [6.45, 7) is 2.92. The second-order valence-electron chi connectivity index (χ2n) is 6.61. The van der Waals surface area contributed by atoms with Crippen LogP contribution in [-0.2, 0) is 6.54 Å². The molecule has 140 valence electrons. The Labute approximate surface area is 167 Å². The number of nitrogens with zero attached hydrogens (tertiary/aromatic N) is 5. The van der Waals surface area contributed by atoms with Crippen molar-refractivity contribution in [3.8, 4) is 17.1 Å². The quantitative estimate of drug-likeness (QED) is 0.513. The Bertz CT molecular complexity index is 1090. The molecule has 2 aromatic heterocycles. The Hall–Kier alpha value is -3.06. The molecule has 5 rings (SSSR count). The van der Waals surface area contributed by atoms with Crippen LogP contribution >= 0.6 is 11.8 Å². The van der Waals surface area contributed by atoms with Gasteiger partial charge in [-0.3, -0.25) is 4.57 Å². The van der Waals surface area contributed by atoms with E-state index in [1.807, 2.05) is 35.1 Å². The highest BCUT2D eigenvalue weighted by molar-refractivity contribution is 7.99. The van der Waals surface area contributed by atoms with Crippen LogP contribution in [0.25, 0.3) is 17.1 Å². The molecule has 6 nitrogen and oxygen atoms in total. The zero-order valence-electron chi connectivity index (χ0n) is 15.5. The molecule has 0 amide bonds. The van der Waals surface area contributed by atoms with Crippen molar-refractivity contribution < 1.29 is 0 Å². The van der Waals surface area contributed by atoms with Crippen LogP contribution < -0.4 is 5.32 Å². The van der Waals surface area contributed by atoms with Crippen molar-refractivity contribution in [2.75, 3.05) is 11.1 Å². The van der Waals surface area contributed by atoms with Crippen molar-refractivity contribution >= 4 is 17.6 Å². The van der Waals surface area contributed by atoms with Crippen molar-refractivity contribution in [1.29, 1.82) is 0 Å². The molecule has 0 saturated heterocycles. The molecule has 1 N–H and O–H groups in total. The van der Waals surface area contributed by atoms with Gasteiger partial charge >= 0.3 is 0 Å². The lowest BCUT2D eigenvalue weighted by atomic mass is 10.1. The van der Waals surface area contributed by atoms with E-state index in [2.05, 4.69) is 68.5 Å². The van der Waals surface area contributed by atoms with Gasteiger partial charge in [0.2, 0.25) is 0 Å². The number of thioether (sulfide) groups is 1. The molecule has 1 unspecified atom stereocenters. The van der Waals surface area contributed by atoms with Crippen LogP contribution in [0.3, 0.4) is 0 Å². The predicted molar refractivity (Wildman–Crippen MR) is 112 cm³/mol. The highest BCUT2D eigenvalue weighted by Crippen LogP contribution is 2.37. The molecule has 3 heterocycles. The first-order valence-corrected chi connectivity index (χ1v) is 10.3. The van der Waals surface area contributed by atoms with E-state index < -0.39 is 0 Å². The maximum atomic E-state index is 4.61. The molecule has 1 aliphatic rings. The number of benzene rings is 2. The van der Waals surface area contributed by atoms with Crippen molar-refractivity contribution in [2.24, 2.45) is 0 Å². The maximum absolute atomic E-state index is 4.61. The molecule has 0 radical (unpaired) electrons. The summed E-state index contributed by atoms with van der Waals surface area (Å²) in [6.07, 6.45) is 1.88. The number of rotatable bonds is 5. The van der Waals surface area contributed by atoms with Crippen LogP contribution in [-0.4, -0.2) is 30.3 Å². The molecule has 0 saturated carbocycles. The summed E-state index contributed by atoms with van der Waals surface area (Å²) in [5, 5.41) is 18.1. The van der Waals surface area contributed by atoms with Crippen molar-refractivity contribution in [3.63, 3.8) is 0 Å². The van der Waals surface area contributed by atoms with Crippen molar-refractivity contribution in [3.05, 3.63) is 72.4 Å². The Balaban J connectivity index is 1.56. The molecule has 0 spiro atoms. The van der Waals surface area contributed by atoms with Gasteiger partial charge in [-0.2, -0.15) is 5.10 Å². The Morgan fingerprint density at radius 3 is 2.54 bits per heavy atom. The summed E-state index contributed by atoms with van der Waals surface area (Å²) in [5.41, 5.74) is 3.28. The molecule has 7 heteroatoms. The van der Waals surface area contributed by atoms with Gasteiger partial charge in [0.1, 0.15) is 5.82 Å². The second-order valence-corrected chi connectivity index (χ2v) is 7.84. The Morgan fingerprint density at radius 2 is 1.79 bits per heavy atom. The zero-order chi connectivity index (χ0) is 18.9. The van der Waals surface area contributed by atoms with Crippen LogP contribution in [0, 0.1) is 0 Å². The minimum absolute atomic E-state index is 0.209. The topological polar surface area (TPSA) is 60.6 Å². The largest absolute Gasteiger partial charge is 0.361 e. The summed E-state index contributed by atoms with van der Waals surface area (Å²) < 4.78 is 4.13. The molecule has 2 aromatic carbocycles. The number of nitrogens with one attached hydrogen (secondary N) is 1. The first-order valence-electron chi connectivity index (χ1n) is 9.36. The number of hydrogen-bond donors (Lipinski definition) is 1. The standard InChI is InChI=1S/C21H20N6S/c1-2-28-21-25-24-20(27(21)16-11-7-4-8-12-16)17-13-22-26-14-18(23-19(17)26)15-9-5-3-6-10-15/h3-13,18,23H,2,14H2,1H3. The van der Waals surface area contributed by atoms with Crippen LogP contribution in [0.5, 0.6) is 0 Å². The first-order chi connectivity index (χ1) is 13.8. The van der Waals surface area contributed by atoms with Crippen LogP contribution in [0.1, 0.15) is 18.5 Å². The third-order valence-corrected chi connectivity index (χ3v) is 5.68. The molecule has 1 aliphatic heterocycles.